The molecule has 0 atom stereocenters. The number of carbonyl (C=O) groups is 2. The van der Waals surface area contributed by atoms with Crippen LogP contribution in [0.4, 0.5) is 11.5 Å². The minimum atomic E-state index is -0.264. The zero-order chi connectivity index (χ0) is 23.2. The lowest BCUT2D eigenvalue weighted by atomic mass is 10.1. The van der Waals surface area contributed by atoms with Crippen LogP contribution in [0.25, 0.3) is 10.9 Å². The third kappa shape index (κ3) is 5.39. The molecule has 0 aliphatic carbocycles. The number of benzene rings is 2. The Balaban J connectivity index is 1.45. The maximum Gasteiger partial charge on any atom is 0.256 e. The molecule has 4 aromatic rings. The standard InChI is InChI=1S/C24H26N6O2S/c1-25-11-12-30(2)18-8-5-16(6-9-18)24(32)27-22-20-14-17(7-10-21(20)28-29-22)23(31)26-15-19-4-3-13-33-19/h3-10,13-14,25H,11-12,15H2,1-2H3,(H,26,31)(H2,27,28,29,32). The largest absolute Gasteiger partial charge is 0.373 e. The molecule has 0 saturated heterocycles. The molecule has 0 bridgehead atoms. The zero-order valence-corrected chi connectivity index (χ0v) is 19.3. The second kappa shape index (κ2) is 10.3. The van der Waals surface area contributed by atoms with Crippen LogP contribution in [0.15, 0.2) is 60.0 Å². The minimum absolute atomic E-state index is 0.179. The van der Waals surface area contributed by atoms with E-state index in [4.69, 9.17) is 0 Å². The Morgan fingerprint density at radius 2 is 1.85 bits per heavy atom. The second-order valence-corrected chi connectivity index (χ2v) is 8.65. The van der Waals surface area contributed by atoms with Gasteiger partial charge in [-0.2, -0.15) is 5.10 Å². The van der Waals surface area contributed by atoms with Gasteiger partial charge in [-0.25, -0.2) is 0 Å². The highest BCUT2D eigenvalue weighted by Crippen LogP contribution is 2.23. The molecule has 8 nitrogen and oxygen atoms in total. The summed E-state index contributed by atoms with van der Waals surface area (Å²) in [6.45, 7) is 2.22. The number of aromatic nitrogens is 2. The average Bonchev–Trinajstić information content (AvgIpc) is 3.51. The fraction of sp³-hybridized carbons (Fsp3) is 0.208. The molecular formula is C24H26N6O2S. The molecule has 0 saturated carbocycles. The Morgan fingerprint density at radius 1 is 1.06 bits per heavy atom. The van der Waals surface area contributed by atoms with E-state index in [0.717, 1.165) is 29.2 Å². The van der Waals surface area contributed by atoms with Gasteiger partial charge in [0.05, 0.1) is 12.1 Å². The van der Waals surface area contributed by atoms with Gasteiger partial charge in [0.25, 0.3) is 11.8 Å². The molecular weight excluding hydrogens is 436 g/mol. The number of anilines is 2. The van der Waals surface area contributed by atoms with Gasteiger partial charge in [-0.1, -0.05) is 6.07 Å². The maximum atomic E-state index is 12.8. The topological polar surface area (TPSA) is 102 Å². The minimum Gasteiger partial charge on any atom is -0.373 e. The first-order valence-electron chi connectivity index (χ1n) is 10.6. The fourth-order valence-electron chi connectivity index (χ4n) is 3.39. The Labute approximate surface area is 196 Å². The van der Waals surface area contributed by atoms with E-state index >= 15 is 0 Å². The molecule has 2 aromatic heterocycles. The summed E-state index contributed by atoms with van der Waals surface area (Å²) in [6, 6.07) is 16.6. The van der Waals surface area contributed by atoms with Gasteiger partial charge < -0.3 is 20.9 Å². The SMILES string of the molecule is CNCCN(C)c1ccc(C(=O)Nc2n[nH]c3ccc(C(=O)NCc4cccs4)cc23)cc1. The zero-order valence-electron chi connectivity index (χ0n) is 18.5. The number of likely N-dealkylation sites (N-methyl/N-ethyl adjacent to an activating group) is 2. The third-order valence-corrected chi connectivity index (χ3v) is 6.20. The first-order valence-corrected chi connectivity index (χ1v) is 11.5. The highest BCUT2D eigenvalue weighted by atomic mass is 32.1. The van der Waals surface area contributed by atoms with Gasteiger partial charge in [0.15, 0.2) is 5.82 Å². The number of thiophene rings is 1. The van der Waals surface area contributed by atoms with E-state index in [1.54, 1.807) is 41.7 Å². The molecule has 2 aromatic carbocycles. The quantitative estimate of drug-likeness (QED) is 0.305. The Kier molecular flexibility index (Phi) is 7.01. The van der Waals surface area contributed by atoms with Gasteiger partial charge in [-0.05, 0) is 61.0 Å². The first kappa shape index (κ1) is 22.5. The van der Waals surface area contributed by atoms with E-state index in [-0.39, 0.29) is 11.8 Å². The van der Waals surface area contributed by atoms with Crippen LogP contribution in [-0.4, -0.2) is 49.2 Å². The van der Waals surface area contributed by atoms with Crippen molar-refractivity contribution in [2.24, 2.45) is 0 Å². The average molecular weight is 463 g/mol. The molecule has 170 valence electrons. The number of hydrogen-bond donors (Lipinski definition) is 4. The van der Waals surface area contributed by atoms with Crippen molar-refractivity contribution in [3.8, 4) is 0 Å². The predicted octanol–water partition coefficient (Wildman–Crippen LogP) is 3.46. The number of aromatic amines is 1. The molecule has 0 unspecified atom stereocenters. The summed E-state index contributed by atoms with van der Waals surface area (Å²) in [6.07, 6.45) is 0. The van der Waals surface area contributed by atoms with Crippen molar-refractivity contribution >= 4 is 45.6 Å². The lowest BCUT2D eigenvalue weighted by molar-refractivity contribution is 0.0950. The van der Waals surface area contributed by atoms with E-state index in [0.29, 0.717) is 28.9 Å². The highest BCUT2D eigenvalue weighted by Gasteiger charge is 2.14. The van der Waals surface area contributed by atoms with Crippen molar-refractivity contribution < 1.29 is 9.59 Å². The van der Waals surface area contributed by atoms with Crippen molar-refractivity contribution in [1.29, 1.82) is 0 Å². The van der Waals surface area contributed by atoms with Crippen molar-refractivity contribution in [1.82, 2.24) is 20.8 Å². The van der Waals surface area contributed by atoms with E-state index in [2.05, 4.69) is 31.0 Å². The summed E-state index contributed by atoms with van der Waals surface area (Å²) in [5.74, 6) is -0.0553. The molecule has 0 spiro atoms. The van der Waals surface area contributed by atoms with Crippen molar-refractivity contribution in [3.63, 3.8) is 0 Å². The van der Waals surface area contributed by atoms with Crippen LogP contribution in [-0.2, 0) is 6.54 Å². The molecule has 0 aliphatic heterocycles. The summed E-state index contributed by atoms with van der Waals surface area (Å²) >= 11 is 1.59. The number of rotatable bonds is 9. The van der Waals surface area contributed by atoms with Crippen LogP contribution >= 0.6 is 11.3 Å². The number of nitrogens with zero attached hydrogens (tertiary/aromatic N) is 2. The van der Waals surface area contributed by atoms with Crippen LogP contribution < -0.4 is 20.9 Å². The maximum absolute atomic E-state index is 12.8. The summed E-state index contributed by atoms with van der Waals surface area (Å²) in [4.78, 5) is 28.6. The Morgan fingerprint density at radius 3 is 2.58 bits per heavy atom. The van der Waals surface area contributed by atoms with Crippen LogP contribution in [0, 0.1) is 0 Å². The lowest BCUT2D eigenvalue weighted by Crippen LogP contribution is -2.27. The monoisotopic (exact) mass is 462 g/mol. The van der Waals surface area contributed by atoms with Crippen molar-refractivity contribution in [2.45, 2.75) is 6.54 Å². The Bertz CT molecular complexity index is 1230. The van der Waals surface area contributed by atoms with Crippen LogP contribution in [0.5, 0.6) is 0 Å². The molecule has 0 radical (unpaired) electrons. The van der Waals surface area contributed by atoms with Gasteiger partial charge in [-0.15, -0.1) is 11.3 Å². The number of hydrogen-bond acceptors (Lipinski definition) is 6. The molecule has 4 N–H and O–H groups in total. The number of fused-ring (bicyclic) bond motifs is 1. The second-order valence-electron chi connectivity index (χ2n) is 7.62. The van der Waals surface area contributed by atoms with Gasteiger partial charge in [0.2, 0.25) is 0 Å². The summed E-state index contributed by atoms with van der Waals surface area (Å²) in [5.41, 5.74) is 2.80. The normalized spacial score (nSPS) is 10.8. The molecule has 2 amide bonds. The fourth-order valence-corrected chi connectivity index (χ4v) is 4.03. The molecule has 9 heteroatoms. The Hall–Kier alpha value is -3.69. The summed E-state index contributed by atoms with van der Waals surface area (Å²) < 4.78 is 0. The van der Waals surface area contributed by atoms with Gasteiger partial charge in [0, 0.05) is 47.2 Å². The van der Waals surface area contributed by atoms with Crippen molar-refractivity contribution in [2.75, 3.05) is 37.4 Å². The number of nitrogens with one attached hydrogen (secondary N) is 4. The predicted molar refractivity (Wildman–Crippen MR) is 133 cm³/mol. The molecule has 33 heavy (non-hydrogen) atoms. The van der Waals surface area contributed by atoms with E-state index < -0.39 is 0 Å². The smallest absolute Gasteiger partial charge is 0.256 e. The van der Waals surface area contributed by atoms with Gasteiger partial charge in [0.1, 0.15) is 0 Å². The van der Waals surface area contributed by atoms with Gasteiger partial charge in [-0.3, -0.25) is 14.7 Å². The number of H-pyrrole nitrogens is 1. The molecule has 0 fully saturated rings. The van der Waals surface area contributed by atoms with Crippen LogP contribution in [0.1, 0.15) is 25.6 Å². The first-order chi connectivity index (χ1) is 16.0. The van der Waals surface area contributed by atoms with Crippen molar-refractivity contribution in [3.05, 3.63) is 76.0 Å². The highest BCUT2D eigenvalue weighted by molar-refractivity contribution is 7.09. The van der Waals surface area contributed by atoms with Crippen LogP contribution in [0.2, 0.25) is 0 Å². The summed E-state index contributed by atoms with van der Waals surface area (Å²) in [5, 5.41) is 18.7. The molecule has 4 rings (SSSR count). The van der Waals surface area contributed by atoms with E-state index in [1.807, 2.05) is 43.7 Å². The molecule has 2 heterocycles. The molecule has 0 aliphatic rings. The number of carbonyl (C=O) groups excluding carboxylic acids is 2. The van der Waals surface area contributed by atoms with Gasteiger partial charge >= 0.3 is 0 Å². The summed E-state index contributed by atoms with van der Waals surface area (Å²) in [7, 11) is 3.93. The number of amides is 2. The van der Waals surface area contributed by atoms with E-state index in [1.165, 1.54) is 0 Å². The lowest BCUT2D eigenvalue weighted by Gasteiger charge is -2.19. The van der Waals surface area contributed by atoms with E-state index in [9.17, 15) is 9.59 Å². The van der Waals surface area contributed by atoms with Crippen LogP contribution in [0.3, 0.4) is 0 Å². The third-order valence-electron chi connectivity index (χ3n) is 5.33.